The Morgan fingerprint density at radius 3 is 1.80 bits per heavy atom. The van der Waals surface area contributed by atoms with Crippen LogP contribution >= 0.6 is 12.2 Å². The van der Waals surface area contributed by atoms with Gasteiger partial charge in [0.2, 0.25) is 0 Å². The molecule has 0 aliphatic rings. The average molecular weight is 814 g/mol. The van der Waals surface area contributed by atoms with Gasteiger partial charge in [0.1, 0.15) is 0 Å². The fraction of sp³-hybridized carbons (Fsp3) is 0.286. The number of ether oxygens (including phenoxy) is 2. The summed E-state index contributed by atoms with van der Waals surface area (Å²) < 4.78 is 57.4. The molecule has 1 unspecified atom stereocenters. The first-order valence-electron chi connectivity index (χ1n) is 12.4. The standard InChI is InChI=1S/C25H32N6O4S2.3CO.Re/c32-37(33)30-22-9-7-21(8-10-22)29-25(36)28-13-15-34-17-18-35-16-14-31(19-23-5-1-3-11-26-23)20-24-6-2-4-12-27-24;3*1-2;/h1-12,30H,13-20H2,(H,32,33)(H2,28,29,36);;;;/p-1. The first-order chi connectivity index (χ1) is 21.1. The maximum atomic E-state index is 10.6. The minimum absolute atomic E-state index is 0. The molecule has 3 N–H and O–H groups in total. The molecule has 0 bridgehead atoms. The molecule has 2 aromatic heterocycles. The van der Waals surface area contributed by atoms with Gasteiger partial charge in [-0.25, -0.2) is 0 Å². The van der Waals surface area contributed by atoms with Gasteiger partial charge in [-0.15, -0.1) is 0 Å². The average Bonchev–Trinajstić information content (AvgIpc) is 3.05. The van der Waals surface area contributed by atoms with Crippen LogP contribution in [0.1, 0.15) is 11.4 Å². The number of nitrogens with one attached hydrogen (secondary N) is 3. The summed E-state index contributed by atoms with van der Waals surface area (Å²) in [6.45, 7) is 18.3. The Hall–Kier alpha value is -3.12. The normalized spacial score (nSPS) is 10.0. The van der Waals surface area contributed by atoms with E-state index in [2.05, 4.69) is 50.2 Å². The third-order valence-electron chi connectivity index (χ3n) is 5.02. The number of rotatable bonds is 16. The zero-order chi connectivity index (χ0) is 32.1. The maximum Gasteiger partial charge on any atom is 0 e. The number of hydrogen-bond donors (Lipinski definition) is 3. The first kappa shape index (κ1) is 43.0. The maximum absolute atomic E-state index is 10.6. The largest absolute Gasteiger partial charge is 0 e. The summed E-state index contributed by atoms with van der Waals surface area (Å²) in [5, 5.41) is 6.55. The van der Waals surface area contributed by atoms with Crippen molar-refractivity contribution in [3.63, 3.8) is 0 Å². The van der Waals surface area contributed by atoms with Crippen LogP contribution in [0.2, 0.25) is 0 Å². The van der Waals surface area contributed by atoms with Crippen molar-refractivity contribution in [2.75, 3.05) is 49.6 Å². The van der Waals surface area contributed by atoms with Gasteiger partial charge in [-0.05, 0) is 60.7 Å². The van der Waals surface area contributed by atoms with Gasteiger partial charge in [0.25, 0.3) is 0 Å². The molecule has 0 saturated carbocycles. The van der Waals surface area contributed by atoms with Crippen LogP contribution < -0.4 is 15.4 Å². The zero-order valence-electron chi connectivity index (χ0n) is 23.5. The van der Waals surface area contributed by atoms with Crippen molar-refractivity contribution in [2.24, 2.45) is 0 Å². The molecule has 1 aromatic carbocycles. The Morgan fingerprint density at radius 2 is 1.32 bits per heavy atom. The Balaban J connectivity index is 0. The molecule has 16 heteroatoms. The summed E-state index contributed by atoms with van der Waals surface area (Å²) in [5.74, 6) is 0. The minimum Gasteiger partial charge on any atom is 0 e. The van der Waals surface area contributed by atoms with Gasteiger partial charge in [0, 0.05) is 81.6 Å². The van der Waals surface area contributed by atoms with Crippen LogP contribution in [0.5, 0.6) is 0 Å². The molecule has 1 atom stereocenters. The molecule has 0 aliphatic carbocycles. The second-order valence-electron chi connectivity index (χ2n) is 7.87. The van der Waals surface area contributed by atoms with E-state index in [0.29, 0.717) is 43.8 Å². The topological polar surface area (TPSA) is 183 Å². The predicted molar refractivity (Wildman–Crippen MR) is 159 cm³/mol. The predicted octanol–water partition coefficient (Wildman–Crippen LogP) is 2.59. The molecule has 3 rings (SSSR count). The molecular formula is C28H31N6O7ReS2-. The Kier molecular flexibility index (Phi) is 29.3. The van der Waals surface area contributed by atoms with Crippen molar-refractivity contribution in [3.8, 4) is 0 Å². The van der Waals surface area contributed by atoms with Crippen LogP contribution in [0.3, 0.4) is 0 Å². The Labute approximate surface area is 278 Å². The summed E-state index contributed by atoms with van der Waals surface area (Å²) >= 11 is 2.91. The molecule has 13 nitrogen and oxygen atoms in total. The fourth-order valence-electron chi connectivity index (χ4n) is 3.30. The van der Waals surface area contributed by atoms with Gasteiger partial charge in [0.15, 0.2) is 5.11 Å². The number of thiocarbonyl (C=S) groups is 1. The second-order valence-corrected chi connectivity index (χ2v) is 8.95. The van der Waals surface area contributed by atoms with Gasteiger partial charge in [-0.1, -0.05) is 12.1 Å². The SMILES string of the molecule is O=S([O-])Nc1ccc(NC(=S)NCCOCCOCCN(Cc2ccccn2)Cc2ccccn2)cc1.[C-]#[O+].[C-]#[O+].[C-]#[O+].[Re]. The van der Waals surface area contributed by atoms with Crippen molar-refractivity contribution in [1.29, 1.82) is 0 Å². The molecule has 0 saturated heterocycles. The number of aromatic nitrogens is 2. The molecule has 44 heavy (non-hydrogen) atoms. The van der Waals surface area contributed by atoms with Crippen molar-refractivity contribution in [1.82, 2.24) is 20.2 Å². The Morgan fingerprint density at radius 1 is 0.818 bits per heavy atom. The van der Waals surface area contributed by atoms with Crippen LogP contribution in [0.4, 0.5) is 11.4 Å². The minimum atomic E-state index is -2.35. The summed E-state index contributed by atoms with van der Waals surface area (Å²) in [6, 6.07) is 18.6. The monoisotopic (exact) mass is 814 g/mol. The summed E-state index contributed by atoms with van der Waals surface area (Å²) in [5.41, 5.74) is 3.23. The molecule has 3 aromatic rings. The van der Waals surface area contributed by atoms with E-state index in [1.807, 2.05) is 36.4 Å². The van der Waals surface area contributed by atoms with Crippen LogP contribution in [0, 0.1) is 20.0 Å². The molecule has 0 amide bonds. The number of anilines is 2. The third kappa shape index (κ3) is 21.6. The van der Waals surface area contributed by atoms with Crippen molar-refractivity contribution >= 4 is 40.0 Å². The first-order valence-corrected chi connectivity index (χ1v) is 13.9. The summed E-state index contributed by atoms with van der Waals surface area (Å²) in [6.07, 6.45) is 3.61. The van der Waals surface area contributed by atoms with E-state index in [9.17, 15) is 8.76 Å². The molecule has 0 aliphatic heterocycles. The smallest absolute Gasteiger partial charge is 0 e. The van der Waals surface area contributed by atoms with Crippen LogP contribution in [0.15, 0.2) is 73.1 Å². The fourth-order valence-corrected chi connectivity index (χ4v) is 3.85. The molecule has 2 heterocycles. The molecule has 0 fully saturated rings. The molecule has 1 radical (unpaired) electrons. The number of nitrogens with zero attached hydrogens (tertiary/aromatic N) is 3. The van der Waals surface area contributed by atoms with E-state index in [-0.39, 0.29) is 20.4 Å². The number of hydrogen-bond acceptors (Lipinski definition) is 8. The second kappa shape index (κ2) is 29.9. The zero-order valence-corrected chi connectivity index (χ0v) is 27.8. The summed E-state index contributed by atoms with van der Waals surface area (Å²) in [4.78, 5) is 11.1. The van der Waals surface area contributed by atoms with E-state index < -0.39 is 11.3 Å². The third-order valence-corrected chi connectivity index (χ3v) is 5.67. The van der Waals surface area contributed by atoms with E-state index in [0.717, 1.165) is 36.7 Å². The Bertz CT molecular complexity index is 1170. The van der Waals surface area contributed by atoms with Gasteiger partial charge >= 0.3 is 33.9 Å². The van der Waals surface area contributed by atoms with E-state index >= 15 is 0 Å². The van der Waals surface area contributed by atoms with E-state index in [4.69, 9.17) is 35.6 Å². The van der Waals surface area contributed by atoms with Gasteiger partial charge in [-0.2, -0.15) is 0 Å². The molecular weight excluding hydrogens is 783 g/mol. The molecule has 235 valence electrons. The number of pyridine rings is 2. The molecule has 0 spiro atoms. The number of benzene rings is 1. The van der Waals surface area contributed by atoms with Crippen molar-refractivity contribution < 1.29 is 52.6 Å². The van der Waals surface area contributed by atoms with Crippen molar-refractivity contribution in [2.45, 2.75) is 13.1 Å². The van der Waals surface area contributed by atoms with Gasteiger partial charge in [0.05, 0.1) is 37.8 Å². The van der Waals surface area contributed by atoms with Crippen LogP contribution in [-0.2, 0) is 68.2 Å². The van der Waals surface area contributed by atoms with Crippen LogP contribution in [-0.4, -0.2) is 68.3 Å². The van der Waals surface area contributed by atoms with E-state index in [1.165, 1.54) is 0 Å². The van der Waals surface area contributed by atoms with Crippen LogP contribution in [0.25, 0.3) is 0 Å². The summed E-state index contributed by atoms with van der Waals surface area (Å²) in [7, 11) is 0. The quantitative estimate of drug-likeness (QED) is 0.0639. The van der Waals surface area contributed by atoms with Crippen molar-refractivity contribution in [3.05, 3.63) is 104 Å². The van der Waals surface area contributed by atoms with E-state index in [1.54, 1.807) is 36.7 Å². The van der Waals surface area contributed by atoms with Gasteiger partial charge < -0.3 is 29.4 Å². The van der Waals surface area contributed by atoms with Gasteiger partial charge in [-0.3, -0.25) is 19.1 Å².